The van der Waals surface area contributed by atoms with E-state index in [1.165, 1.54) is 68.4 Å². The lowest BCUT2D eigenvalue weighted by Gasteiger charge is -2.20. The van der Waals surface area contributed by atoms with E-state index in [0.29, 0.717) is 44.3 Å². The van der Waals surface area contributed by atoms with Gasteiger partial charge >= 0.3 is 0 Å². The van der Waals surface area contributed by atoms with E-state index in [1.807, 2.05) is 0 Å². The van der Waals surface area contributed by atoms with Gasteiger partial charge in [0.1, 0.15) is 28.8 Å². The van der Waals surface area contributed by atoms with Crippen LogP contribution in [0.5, 0.6) is 0 Å². The van der Waals surface area contributed by atoms with Gasteiger partial charge in [-0.25, -0.2) is 28.2 Å². The van der Waals surface area contributed by atoms with Crippen molar-refractivity contribution < 1.29 is 13.6 Å². The molecule has 8 rings (SSSR count). The summed E-state index contributed by atoms with van der Waals surface area (Å²) in [5.41, 5.74) is 13.3. The van der Waals surface area contributed by atoms with Crippen LogP contribution in [0.15, 0.2) is 113 Å². The van der Waals surface area contributed by atoms with E-state index < -0.39 is 29.4 Å². The molecule has 0 bridgehead atoms. The van der Waals surface area contributed by atoms with Gasteiger partial charge in [-0.1, -0.05) is 50.2 Å². The monoisotopic (exact) mass is 826 g/mol. The first-order valence-electron chi connectivity index (χ1n) is 16.9. The Morgan fingerprint density at radius 1 is 0.741 bits per heavy atom. The first kappa shape index (κ1) is 42.6. The zero-order valence-electron chi connectivity index (χ0n) is 29.5. The van der Waals surface area contributed by atoms with E-state index in [4.69, 9.17) is 34.7 Å². The van der Waals surface area contributed by atoms with Crippen molar-refractivity contribution in [2.75, 3.05) is 5.73 Å². The number of halogens is 4. The number of carbonyl (C=O) groups excluding carboxylic acids is 1. The number of nitrogens with two attached hydrogens (primary N) is 2. The van der Waals surface area contributed by atoms with Crippen molar-refractivity contribution in [1.29, 1.82) is 0 Å². The molecule has 2 atom stereocenters. The number of carbonyl (C=O) groups is 1. The molecule has 1 amide bonds. The number of amides is 1. The van der Waals surface area contributed by atoms with Crippen molar-refractivity contribution in [2.24, 2.45) is 5.73 Å². The number of nitrogens with zero attached hydrogens (tertiary/aromatic N) is 7. The fourth-order valence-corrected chi connectivity index (χ4v) is 6.64. The zero-order valence-corrected chi connectivity index (χ0v) is 31.0. The fourth-order valence-electron chi connectivity index (χ4n) is 6.14. The van der Waals surface area contributed by atoms with E-state index in [9.17, 15) is 23.2 Å². The first-order valence-corrected chi connectivity index (χ1v) is 17.7. The van der Waals surface area contributed by atoms with E-state index in [2.05, 4.69) is 25.4 Å². The number of nitrogen functional groups attached to an aromatic ring is 1. The summed E-state index contributed by atoms with van der Waals surface area (Å²) in [5.74, 6) is -0.745. The van der Waals surface area contributed by atoms with Crippen LogP contribution in [0.25, 0.3) is 38.8 Å². The molecule has 0 aliphatic carbocycles. The number of anilines is 1. The molecule has 0 aliphatic rings. The topological polar surface area (TPSA) is 181 Å². The molecule has 4 aromatic carbocycles. The quantitative estimate of drug-likeness (QED) is 0.151. The van der Waals surface area contributed by atoms with Gasteiger partial charge in [-0.15, -0.1) is 5.10 Å². The van der Waals surface area contributed by atoms with E-state index in [-0.39, 0.29) is 53.8 Å². The minimum Gasteiger partial charge on any atom is -0.381 e. The second-order valence-electron chi connectivity index (χ2n) is 12.6. The van der Waals surface area contributed by atoms with Crippen LogP contribution in [0.4, 0.5) is 14.6 Å². The normalized spacial score (nSPS) is 11.9. The van der Waals surface area contributed by atoms with Gasteiger partial charge in [0.25, 0.3) is 17.0 Å². The third-order valence-electron chi connectivity index (χ3n) is 8.71. The van der Waals surface area contributed by atoms with E-state index in [0.717, 1.165) is 0 Å². The standard InChI is InChI=1S/C23H17ClFN7O2.C16H13ClFN3O.2CH4/c1-12(28-22(33)18-19(26)30-31-11-3-10-27-21(18)31)20-29-16-5-2-4-15(24)17(16)23(34)32(20)14-8-6-13(25)7-9-14;1-9(19)15-20-13-4-2-3-12(17)14(13)16(22)21(15)11-7-5-10(18)6-8-11;;/h2-12H,1H3,(H2,26,30)(H,28,33);2-9H,19H2,1H3;2*1H4/t12-;9-;;/m00../s1. The van der Waals surface area contributed by atoms with Crippen molar-refractivity contribution in [2.45, 2.75) is 40.8 Å². The van der Waals surface area contributed by atoms with Gasteiger partial charge in [-0.2, -0.15) is 0 Å². The Balaban J connectivity index is 0.000000232. The minimum atomic E-state index is -0.758. The molecule has 4 heterocycles. The van der Waals surface area contributed by atoms with Crippen molar-refractivity contribution >= 4 is 62.4 Å². The van der Waals surface area contributed by atoms with Crippen LogP contribution in [-0.4, -0.2) is 39.6 Å². The third-order valence-corrected chi connectivity index (χ3v) is 9.34. The minimum absolute atomic E-state index is 0. The predicted octanol–water partition coefficient (Wildman–Crippen LogP) is 7.76. The average molecular weight is 828 g/mol. The van der Waals surface area contributed by atoms with Gasteiger partial charge in [0.05, 0.1) is 55.3 Å². The summed E-state index contributed by atoms with van der Waals surface area (Å²) in [6.07, 6.45) is 3.15. The number of rotatable bonds is 6. The molecule has 58 heavy (non-hydrogen) atoms. The second-order valence-corrected chi connectivity index (χ2v) is 13.4. The number of nitrogens with one attached hydrogen (secondary N) is 1. The predicted molar refractivity (Wildman–Crippen MR) is 224 cm³/mol. The number of fused-ring (bicyclic) bond motifs is 3. The molecule has 0 fully saturated rings. The van der Waals surface area contributed by atoms with Gasteiger partial charge in [0, 0.05) is 12.4 Å². The lowest BCUT2D eigenvalue weighted by molar-refractivity contribution is 0.0940. The Kier molecular flexibility index (Phi) is 12.7. The Morgan fingerprint density at radius 3 is 1.72 bits per heavy atom. The summed E-state index contributed by atoms with van der Waals surface area (Å²) < 4.78 is 30.8. The fraction of sp³-hybridized carbons (Fsp3) is 0.146. The smallest absolute Gasteiger partial charge is 0.267 e. The second kappa shape index (κ2) is 17.3. The molecule has 0 unspecified atom stereocenters. The van der Waals surface area contributed by atoms with Crippen molar-refractivity contribution in [1.82, 2.24) is 39.0 Å². The van der Waals surface area contributed by atoms with Crippen LogP contribution in [0.1, 0.15) is 62.8 Å². The summed E-state index contributed by atoms with van der Waals surface area (Å²) in [7, 11) is 0. The molecule has 0 saturated heterocycles. The highest BCUT2D eigenvalue weighted by Crippen LogP contribution is 2.25. The summed E-state index contributed by atoms with van der Waals surface area (Å²) >= 11 is 12.4. The maximum Gasteiger partial charge on any atom is 0.267 e. The van der Waals surface area contributed by atoms with Gasteiger partial charge in [0.15, 0.2) is 11.5 Å². The maximum atomic E-state index is 13.6. The molecule has 0 saturated carbocycles. The number of aromatic nitrogens is 7. The average Bonchev–Trinajstić information content (AvgIpc) is 3.51. The number of benzene rings is 4. The molecule has 0 spiro atoms. The Labute approximate surface area is 340 Å². The molecular formula is C41H38Cl2F2N10O3. The molecule has 13 nitrogen and oxygen atoms in total. The number of hydrogen-bond donors (Lipinski definition) is 3. The summed E-state index contributed by atoms with van der Waals surface area (Å²) in [4.78, 5) is 52.7. The third kappa shape index (κ3) is 8.00. The van der Waals surface area contributed by atoms with Gasteiger partial charge in [-0.3, -0.25) is 23.5 Å². The Bertz CT molecular complexity index is 2920. The van der Waals surface area contributed by atoms with Crippen LogP contribution in [-0.2, 0) is 0 Å². The Morgan fingerprint density at radius 2 is 1.22 bits per heavy atom. The van der Waals surface area contributed by atoms with Gasteiger partial charge in [-0.05, 0) is 92.7 Å². The molecule has 298 valence electrons. The van der Waals surface area contributed by atoms with Crippen LogP contribution in [0.2, 0.25) is 10.0 Å². The van der Waals surface area contributed by atoms with Crippen molar-refractivity contribution in [3.63, 3.8) is 0 Å². The molecule has 8 aromatic rings. The molecular weight excluding hydrogens is 789 g/mol. The maximum absolute atomic E-state index is 13.6. The largest absolute Gasteiger partial charge is 0.381 e. The summed E-state index contributed by atoms with van der Waals surface area (Å²) in [6.45, 7) is 3.41. The molecule has 17 heteroatoms. The number of hydrogen-bond acceptors (Lipinski definition) is 9. The van der Waals surface area contributed by atoms with E-state index in [1.54, 1.807) is 62.5 Å². The van der Waals surface area contributed by atoms with Crippen LogP contribution in [0.3, 0.4) is 0 Å². The highest BCUT2D eigenvalue weighted by Gasteiger charge is 2.25. The summed E-state index contributed by atoms with van der Waals surface area (Å²) in [6, 6.07) is 21.4. The molecule has 4 aromatic heterocycles. The Hall–Kier alpha value is -6.55. The van der Waals surface area contributed by atoms with Crippen LogP contribution in [0, 0.1) is 11.6 Å². The van der Waals surface area contributed by atoms with Crippen molar-refractivity contribution in [3.8, 4) is 11.4 Å². The van der Waals surface area contributed by atoms with Crippen LogP contribution >= 0.6 is 23.2 Å². The molecule has 0 aliphatic heterocycles. The lowest BCUT2D eigenvalue weighted by atomic mass is 10.2. The SMILES string of the molecule is C.C.C[C@H](N)c1nc2cccc(Cl)c2c(=O)n1-c1ccc(F)cc1.C[C@H](NC(=O)c1c(N)nn2cccnc12)c1nc2cccc(Cl)c2c(=O)n1-c1ccc(F)cc1. The van der Waals surface area contributed by atoms with Crippen LogP contribution < -0.4 is 27.9 Å². The van der Waals surface area contributed by atoms with Crippen molar-refractivity contribution in [3.05, 3.63) is 163 Å². The first-order chi connectivity index (χ1) is 26.8. The highest BCUT2D eigenvalue weighted by molar-refractivity contribution is 6.35. The molecule has 5 N–H and O–H groups in total. The van der Waals surface area contributed by atoms with Gasteiger partial charge < -0.3 is 16.8 Å². The van der Waals surface area contributed by atoms with Gasteiger partial charge in [0.2, 0.25) is 0 Å². The highest BCUT2D eigenvalue weighted by atomic mass is 35.5. The summed E-state index contributed by atoms with van der Waals surface area (Å²) in [5, 5.41) is 8.01. The lowest BCUT2D eigenvalue weighted by Crippen LogP contribution is -2.33. The van der Waals surface area contributed by atoms with E-state index >= 15 is 0 Å². The zero-order chi connectivity index (χ0) is 39.8. The molecule has 0 radical (unpaired) electrons.